The van der Waals surface area contributed by atoms with Crippen LogP contribution in [0.5, 0.6) is 0 Å². The van der Waals surface area contributed by atoms with E-state index in [1.165, 1.54) is 0 Å². The lowest BCUT2D eigenvalue weighted by Crippen LogP contribution is -2.45. The van der Waals surface area contributed by atoms with Crippen molar-refractivity contribution in [3.63, 3.8) is 0 Å². The molecule has 1 aliphatic rings. The maximum absolute atomic E-state index is 12.6. The molecule has 3 rings (SSSR count). The van der Waals surface area contributed by atoms with Crippen LogP contribution in [0.1, 0.15) is 33.3 Å². The molecule has 0 radical (unpaired) electrons. The van der Waals surface area contributed by atoms with Gasteiger partial charge in [0.25, 0.3) is 0 Å². The quantitative estimate of drug-likeness (QED) is 0.626. The first kappa shape index (κ1) is 17.1. The minimum Gasteiger partial charge on any atom is -0.423 e. The van der Waals surface area contributed by atoms with Crippen molar-refractivity contribution < 1.29 is 13.7 Å². The Hall–Kier alpha value is -1.79. The highest BCUT2D eigenvalue weighted by atomic mass is 16.7. The number of hydrogen-bond acceptors (Lipinski definition) is 5. The Morgan fingerprint density at radius 3 is 2.17 bits per heavy atom. The lowest BCUT2D eigenvalue weighted by atomic mass is 9.76. The van der Waals surface area contributed by atoms with Gasteiger partial charge in [0.2, 0.25) is 0 Å². The fourth-order valence-corrected chi connectivity index (χ4v) is 2.87. The second kappa shape index (κ2) is 5.36. The van der Waals surface area contributed by atoms with Crippen molar-refractivity contribution in [2.45, 2.75) is 45.8 Å². The summed E-state index contributed by atoms with van der Waals surface area (Å²) in [7, 11) is 3.18. The molecule has 6 heteroatoms. The summed E-state index contributed by atoms with van der Waals surface area (Å²) in [5, 5.41) is 0.893. The number of rotatable bonds is 2. The summed E-state index contributed by atoms with van der Waals surface area (Å²) in [6.07, 6.45) is 0. The van der Waals surface area contributed by atoms with Crippen LogP contribution >= 0.6 is 0 Å². The van der Waals surface area contributed by atoms with E-state index < -0.39 is 23.9 Å². The zero-order valence-corrected chi connectivity index (χ0v) is 15.4. The number of nitrogens with zero attached hydrogens (tertiary/aromatic N) is 1. The SMILES string of the molecule is Cc1c(B2OC(C)(C)C(C)(C)O2)c(=O)oc2cc(N(C)C)ccc12. The van der Waals surface area contributed by atoms with E-state index >= 15 is 0 Å². The van der Waals surface area contributed by atoms with Crippen molar-refractivity contribution in [2.75, 3.05) is 19.0 Å². The molecule has 2 heterocycles. The van der Waals surface area contributed by atoms with E-state index in [1.807, 2.05) is 71.8 Å². The fourth-order valence-electron chi connectivity index (χ4n) is 2.87. The van der Waals surface area contributed by atoms with Crippen LogP contribution in [0.25, 0.3) is 11.0 Å². The molecule has 1 aromatic heterocycles. The topological polar surface area (TPSA) is 51.9 Å². The molecule has 0 N–H and O–H groups in total. The van der Waals surface area contributed by atoms with Crippen LogP contribution in [0, 0.1) is 6.92 Å². The Morgan fingerprint density at radius 2 is 1.62 bits per heavy atom. The van der Waals surface area contributed by atoms with Gasteiger partial charge in [-0.1, -0.05) is 0 Å². The van der Waals surface area contributed by atoms with Gasteiger partial charge in [0.05, 0.1) is 16.7 Å². The Morgan fingerprint density at radius 1 is 1.04 bits per heavy atom. The van der Waals surface area contributed by atoms with Crippen molar-refractivity contribution in [1.82, 2.24) is 0 Å². The zero-order chi connectivity index (χ0) is 17.9. The highest BCUT2D eigenvalue weighted by Crippen LogP contribution is 2.36. The molecule has 2 aromatic rings. The lowest BCUT2D eigenvalue weighted by Gasteiger charge is -2.32. The maximum Gasteiger partial charge on any atom is 0.502 e. The van der Waals surface area contributed by atoms with Gasteiger partial charge in [-0.3, -0.25) is 0 Å². The van der Waals surface area contributed by atoms with Crippen molar-refractivity contribution in [1.29, 1.82) is 0 Å². The molecule has 0 unspecified atom stereocenters. The third-order valence-corrected chi connectivity index (χ3v) is 5.20. The second-order valence-electron chi connectivity index (χ2n) is 7.59. The van der Waals surface area contributed by atoms with Gasteiger partial charge in [-0.25, -0.2) is 4.79 Å². The van der Waals surface area contributed by atoms with Crippen LogP contribution in [0.3, 0.4) is 0 Å². The first-order chi connectivity index (χ1) is 11.0. The lowest BCUT2D eigenvalue weighted by molar-refractivity contribution is 0.00578. The van der Waals surface area contributed by atoms with E-state index in [0.29, 0.717) is 11.0 Å². The predicted molar refractivity (Wildman–Crippen MR) is 97.3 cm³/mol. The smallest absolute Gasteiger partial charge is 0.423 e. The first-order valence-electron chi connectivity index (χ1n) is 8.14. The normalized spacial score (nSPS) is 19.0. The number of anilines is 1. The molecule has 0 bridgehead atoms. The summed E-state index contributed by atoms with van der Waals surface area (Å²) in [6.45, 7) is 9.78. The van der Waals surface area contributed by atoms with Crippen molar-refractivity contribution in [3.8, 4) is 0 Å². The van der Waals surface area contributed by atoms with E-state index in [9.17, 15) is 4.79 Å². The molecular weight excluding hydrogens is 305 g/mol. The molecule has 0 saturated carbocycles. The summed E-state index contributed by atoms with van der Waals surface area (Å²) in [5.74, 6) is 0. The highest BCUT2D eigenvalue weighted by Gasteiger charge is 2.53. The molecule has 0 atom stereocenters. The average Bonchev–Trinajstić information content (AvgIpc) is 2.66. The number of fused-ring (bicyclic) bond motifs is 1. The van der Waals surface area contributed by atoms with Gasteiger partial charge >= 0.3 is 12.7 Å². The maximum atomic E-state index is 12.6. The summed E-state index contributed by atoms with van der Waals surface area (Å²) < 4.78 is 17.6. The molecule has 0 amide bonds. The van der Waals surface area contributed by atoms with E-state index in [4.69, 9.17) is 13.7 Å². The Kier molecular flexibility index (Phi) is 3.81. The van der Waals surface area contributed by atoms with E-state index in [2.05, 4.69) is 0 Å². The van der Waals surface area contributed by atoms with Crippen LogP contribution in [0.15, 0.2) is 27.4 Å². The fraction of sp³-hybridized carbons (Fsp3) is 0.500. The third kappa shape index (κ3) is 2.54. The molecule has 5 nitrogen and oxygen atoms in total. The molecule has 1 saturated heterocycles. The van der Waals surface area contributed by atoms with Crippen molar-refractivity contribution in [2.24, 2.45) is 0 Å². The predicted octanol–water partition coefficient (Wildman–Crippen LogP) is 2.47. The number of benzene rings is 1. The first-order valence-corrected chi connectivity index (χ1v) is 8.14. The largest absolute Gasteiger partial charge is 0.502 e. The minimum atomic E-state index is -0.718. The van der Waals surface area contributed by atoms with Crippen LogP contribution in [-0.4, -0.2) is 32.4 Å². The minimum absolute atomic E-state index is 0.408. The van der Waals surface area contributed by atoms with E-state index in [1.54, 1.807) is 0 Å². The standard InChI is InChI=1S/C18H24BNO4/c1-11-13-9-8-12(20(6)7)10-14(13)22-16(21)15(11)19-23-17(2,3)18(4,5)24-19/h8-10H,1-7H3. The van der Waals surface area contributed by atoms with Crippen LogP contribution < -0.4 is 16.0 Å². The number of hydrogen-bond donors (Lipinski definition) is 0. The van der Waals surface area contributed by atoms with E-state index in [-0.39, 0.29) is 0 Å². The average molecular weight is 329 g/mol. The molecule has 1 aliphatic heterocycles. The Labute approximate surface area is 142 Å². The molecule has 128 valence electrons. The molecule has 0 aliphatic carbocycles. The van der Waals surface area contributed by atoms with Gasteiger partial charge < -0.3 is 18.6 Å². The van der Waals surface area contributed by atoms with E-state index in [0.717, 1.165) is 16.6 Å². The van der Waals surface area contributed by atoms with Crippen LogP contribution in [0.4, 0.5) is 5.69 Å². The molecule has 24 heavy (non-hydrogen) atoms. The van der Waals surface area contributed by atoms with Crippen LogP contribution in [0.2, 0.25) is 0 Å². The third-order valence-electron chi connectivity index (χ3n) is 5.20. The van der Waals surface area contributed by atoms with Gasteiger partial charge in [0, 0.05) is 31.2 Å². The van der Waals surface area contributed by atoms with Gasteiger partial charge in [0.1, 0.15) is 5.58 Å². The molecule has 1 fully saturated rings. The molecule has 1 aromatic carbocycles. The number of aryl methyl sites for hydroxylation is 1. The van der Waals surface area contributed by atoms with Gasteiger partial charge in [-0.05, 0) is 52.3 Å². The van der Waals surface area contributed by atoms with Crippen LogP contribution in [-0.2, 0) is 9.31 Å². The van der Waals surface area contributed by atoms with Crippen molar-refractivity contribution in [3.05, 3.63) is 34.2 Å². The van der Waals surface area contributed by atoms with Crippen molar-refractivity contribution >= 4 is 29.2 Å². The molecule has 0 spiro atoms. The Bertz CT molecular complexity index is 838. The monoisotopic (exact) mass is 329 g/mol. The highest BCUT2D eigenvalue weighted by molar-refractivity contribution is 6.62. The molecular formula is C18H24BNO4. The summed E-state index contributed by atoms with van der Waals surface area (Å²) in [5.41, 5.74) is 1.43. The zero-order valence-electron chi connectivity index (χ0n) is 15.4. The second-order valence-corrected chi connectivity index (χ2v) is 7.59. The van der Waals surface area contributed by atoms with Gasteiger partial charge in [0.15, 0.2) is 0 Å². The Balaban J connectivity index is 2.14. The summed E-state index contributed by atoms with van der Waals surface area (Å²) in [6, 6.07) is 5.85. The van der Waals surface area contributed by atoms with Gasteiger partial charge in [-0.2, -0.15) is 0 Å². The summed E-state index contributed by atoms with van der Waals surface area (Å²) >= 11 is 0. The van der Waals surface area contributed by atoms with Gasteiger partial charge in [-0.15, -0.1) is 0 Å². The summed E-state index contributed by atoms with van der Waals surface area (Å²) in [4.78, 5) is 14.6.